The van der Waals surface area contributed by atoms with E-state index in [1.54, 1.807) is 28.6 Å². The minimum atomic E-state index is -0.802. The number of rotatable bonds is 5. The molecular formula is C25H25ClFN7O3S. The SMILES string of the molecule is Cc1cnc(C2c3c(nc4sc(C)nn34)CCN2C(=O)COc2ccc(N3CCOCC3)nc2Cl)c(F)c1. The summed E-state index contributed by atoms with van der Waals surface area (Å²) in [5.41, 5.74) is 2.27. The van der Waals surface area contributed by atoms with Crippen molar-refractivity contribution in [2.45, 2.75) is 26.3 Å². The van der Waals surface area contributed by atoms with Crippen LogP contribution < -0.4 is 9.64 Å². The summed E-state index contributed by atoms with van der Waals surface area (Å²) in [6, 6.07) is 4.14. The van der Waals surface area contributed by atoms with Gasteiger partial charge in [-0.1, -0.05) is 22.9 Å². The molecule has 1 fully saturated rings. The number of hydrogen-bond donors (Lipinski definition) is 0. The molecule has 13 heteroatoms. The van der Waals surface area contributed by atoms with E-state index in [4.69, 9.17) is 26.1 Å². The first-order valence-corrected chi connectivity index (χ1v) is 13.5. The number of morpholine rings is 1. The highest BCUT2D eigenvalue weighted by molar-refractivity contribution is 7.16. The quantitative estimate of drug-likeness (QED) is 0.345. The lowest BCUT2D eigenvalue weighted by molar-refractivity contribution is -0.135. The summed E-state index contributed by atoms with van der Waals surface area (Å²) in [7, 11) is 0. The summed E-state index contributed by atoms with van der Waals surface area (Å²) in [6.07, 6.45) is 2.11. The van der Waals surface area contributed by atoms with E-state index in [2.05, 4.69) is 20.0 Å². The Morgan fingerprint density at radius 3 is 2.82 bits per heavy atom. The second kappa shape index (κ2) is 10.1. The number of nitrogens with zero attached hydrogens (tertiary/aromatic N) is 7. The molecule has 4 aromatic heterocycles. The lowest BCUT2D eigenvalue weighted by atomic mass is 9.98. The molecule has 0 saturated carbocycles. The number of aromatic nitrogens is 5. The summed E-state index contributed by atoms with van der Waals surface area (Å²) >= 11 is 7.85. The van der Waals surface area contributed by atoms with Gasteiger partial charge < -0.3 is 19.3 Å². The first kappa shape index (κ1) is 25.0. The zero-order valence-electron chi connectivity index (χ0n) is 20.9. The van der Waals surface area contributed by atoms with E-state index in [9.17, 15) is 4.79 Å². The van der Waals surface area contributed by atoms with Crippen LogP contribution in [0.15, 0.2) is 24.4 Å². The molecule has 6 heterocycles. The van der Waals surface area contributed by atoms with Crippen LogP contribution in [-0.4, -0.2) is 74.8 Å². The van der Waals surface area contributed by atoms with Gasteiger partial charge in [0.2, 0.25) is 4.96 Å². The van der Waals surface area contributed by atoms with E-state index in [0.29, 0.717) is 48.1 Å². The third-order valence-corrected chi connectivity index (χ3v) is 7.74. The number of aryl methyl sites for hydroxylation is 2. The van der Waals surface area contributed by atoms with Gasteiger partial charge in [0.15, 0.2) is 17.5 Å². The lowest BCUT2D eigenvalue weighted by Gasteiger charge is -2.35. The van der Waals surface area contributed by atoms with Gasteiger partial charge in [-0.25, -0.2) is 18.9 Å². The molecule has 1 saturated heterocycles. The number of hydrogen-bond acceptors (Lipinski definition) is 9. The van der Waals surface area contributed by atoms with Crippen LogP contribution in [0.25, 0.3) is 4.96 Å². The number of pyridine rings is 2. The molecule has 1 atom stereocenters. The molecule has 10 nitrogen and oxygen atoms in total. The highest BCUT2D eigenvalue weighted by Crippen LogP contribution is 2.37. The Bertz CT molecular complexity index is 1520. The van der Waals surface area contributed by atoms with Crippen LogP contribution in [0.5, 0.6) is 5.75 Å². The smallest absolute Gasteiger partial charge is 0.261 e. The fourth-order valence-corrected chi connectivity index (χ4v) is 5.84. The van der Waals surface area contributed by atoms with Crippen LogP contribution >= 0.6 is 22.9 Å². The third-order valence-electron chi connectivity index (χ3n) is 6.65. The first-order valence-electron chi connectivity index (χ1n) is 12.3. The molecule has 0 spiro atoms. The lowest BCUT2D eigenvalue weighted by Crippen LogP contribution is -2.44. The first-order chi connectivity index (χ1) is 18.4. The molecular weight excluding hydrogens is 533 g/mol. The maximum atomic E-state index is 15.3. The number of fused-ring (bicyclic) bond motifs is 3. The summed E-state index contributed by atoms with van der Waals surface area (Å²) in [6.45, 7) is 6.40. The predicted octanol–water partition coefficient (Wildman–Crippen LogP) is 3.38. The van der Waals surface area contributed by atoms with Gasteiger partial charge in [-0.15, -0.1) is 0 Å². The van der Waals surface area contributed by atoms with Gasteiger partial charge in [0.25, 0.3) is 5.91 Å². The van der Waals surface area contributed by atoms with Gasteiger partial charge in [-0.3, -0.25) is 9.78 Å². The number of anilines is 1. The summed E-state index contributed by atoms with van der Waals surface area (Å²) in [5.74, 6) is 0.199. The Balaban J connectivity index is 1.28. The van der Waals surface area contributed by atoms with Crippen molar-refractivity contribution in [3.8, 4) is 5.75 Å². The van der Waals surface area contributed by atoms with Crippen molar-refractivity contribution in [2.24, 2.45) is 0 Å². The summed E-state index contributed by atoms with van der Waals surface area (Å²) in [4.78, 5) is 31.4. The van der Waals surface area contributed by atoms with E-state index in [0.717, 1.165) is 29.6 Å². The highest BCUT2D eigenvalue weighted by Gasteiger charge is 2.39. The van der Waals surface area contributed by atoms with Gasteiger partial charge >= 0.3 is 0 Å². The summed E-state index contributed by atoms with van der Waals surface area (Å²) < 4.78 is 28.2. The van der Waals surface area contributed by atoms with Crippen molar-refractivity contribution in [3.05, 3.63) is 63.0 Å². The topological polar surface area (TPSA) is 98.0 Å². The van der Waals surface area contributed by atoms with Gasteiger partial charge in [-0.05, 0) is 37.6 Å². The minimum absolute atomic E-state index is 0.145. The van der Waals surface area contributed by atoms with E-state index < -0.39 is 11.9 Å². The van der Waals surface area contributed by atoms with Gasteiger partial charge in [0, 0.05) is 32.3 Å². The Kier molecular flexibility index (Phi) is 6.62. The highest BCUT2D eigenvalue weighted by atomic mass is 35.5. The molecule has 38 heavy (non-hydrogen) atoms. The van der Waals surface area contributed by atoms with Crippen molar-refractivity contribution in [1.82, 2.24) is 29.5 Å². The molecule has 0 bridgehead atoms. The molecule has 0 radical (unpaired) electrons. The Morgan fingerprint density at radius 1 is 1.24 bits per heavy atom. The maximum absolute atomic E-state index is 15.3. The Hall–Kier alpha value is -3.35. The van der Waals surface area contributed by atoms with E-state index in [1.807, 2.05) is 13.0 Å². The molecule has 2 aliphatic heterocycles. The standard InChI is InChI=1S/C25H25ClFN7O3S/c1-14-11-16(27)21(28-12-14)23-22-17(29-25-34(22)31-15(2)38-25)5-6-33(23)20(35)13-37-18-3-4-19(30-24(18)26)32-7-9-36-10-8-32/h3-4,11-12,23H,5-10,13H2,1-2H3. The van der Waals surface area contributed by atoms with Gasteiger partial charge in [0.05, 0.1) is 24.6 Å². The number of halogens is 2. The molecule has 0 aromatic carbocycles. The van der Waals surface area contributed by atoms with E-state index in [-0.39, 0.29) is 23.4 Å². The fraction of sp³-hybridized carbons (Fsp3) is 0.400. The monoisotopic (exact) mass is 557 g/mol. The van der Waals surface area contributed by atoms with Crippen LogP contribution in [0, 0.1) is 19.7 Å². The normalized spacial score (nSPS) is 17.6. The zero-order chi connectivity index (χ0) is 26.4. The second-order valence-corrected chi connectivity index (χ2v) is 10.7. The largest absolute Gasteiger partial charge is 0.481 e. The van der Waals surface area contributed by atoms with Crippen LogP contribution in [0.2, 0.25) is 5.15 Å². The molecule has 4 aromatic rings. The van der Waals surface area contributed by atoms with Gasteiger partial charge in [-0.2, -0.15) is 5.10 Å². The number of carbonyl (C=O) groups is 1. The van der Waals surface area contributed by atoms with Gasteiger partial charge in [0.1, 0.15) is 28.4 Å². The van der Waals surface area contributed by atoms with E-state index in [1.165, 1.54) is 17.4 Å². The fourth-order valence-electron chi connectivity index (χ4n) is 4.86. The minimum Gasteiger partial charge on any atom is -0.481 e. The Morgan fingerprint density at radius 2 is 2.05 bits per heavy atom. The molecule has 2 aliphatic rings. The maximum Gasteiger partial charge on any atom is 0.261 e. The van der Waals surface area contributed by atoms with Crippen LogP contribution in [-0.2, 0) is 16.0 Å². The van der Waals surface area contributed by atoms with Crippen molar-refractivity contribution >= 4 is 39.6 Å². The second-order valence-electron chi connectivity index (χ2n) is 9.23. The molecule has 1 amide bonds. The zero-order valence-corrected chi connectivity index (χ0v) is 22.4. The Labute approximate surface area is 227 Å². The average Bonchev–Trinajstić information content (AvgIpc) is 3.43. The van der Waals surface area contributed by atoms with Crippen molar-refractivity contribution in [3.63, 3.8) is 0 Å². The molecule has 6 rings (SSSR count). The number of amides is 1. The van der Waals surface area contributed by atoms with Crippen molar-refractivity contribution in [1.29, 1.82) is 0 Å². The van der Waals surface area contributed by atoms with E-state index >= 15 is 4.39 Å². The molecule has 0 aliphatic carbocycles. The molecule has 1 unspecified atom stereocenters. The van der Waals surface area contributed by atoms with Crippen LogP contribution in [0.4, 0.5) is 10.2 Å². The predicted molar refractivity (Wildman–Crippen MR) is 140 cm³/mol. The third kappa shape index (κ3) is 4.56. The number of imidazole rings is 1. The van der Waals surface area contributed by atoms with Crippen LogP contribution in [0.1, 0.15) is 33.7 Å². The molecule has 0 N–H and O–H groups in total. The molecule has 198 valence electrons. The van der Waals surface area contributed by atoms with Crippen molar-refractivity contribution in [2.75, 3.05) is 44.4 Å². The van der Waals surface area contributed by atoms with Crippen LogP contribution in [0.3, 0.4) is 0 Å². The summed E-state index contributed by atoms with van der Waals surface area (Å²) in [5, 5.41) is 5.56. The average molecular weight is 558 g/mol. The number of ether oxygens (including phenoxy) is 2. The number of carbonyl (C=O) groups excluding carboxylic acids is 1. The van der Waals surface area contributed by atoms with Crippen molar-refractivity contribution < 1.29 is 18.7 Å².